The van der Waals surface area contributed by atoms with E-state index in [1.54, 1.807) is 28.0 Å². The van der Waals surface area contributed by atoms with Gasteiger partial charge < -0.3 is 18.9 Å². The summed E-state index contributed by atoms with van der Waals surface area (Å²) in [6, 6.07) is 16.0. The molecule has 2 aromatic carbocycles. The van der Waals surface area contributed by atoms with Gasteiger partial charge in [0.15, 0.2) is 6.54 Å². The van der Waals surface area contributed by atoms with E-state index in [0.29, 0.717) is 19.0 Å². The summed E-state index contributed by atoms with van der Waals surface area (Å²) in [5.41, 5.74) is 5.72. The Balaban J connectivity index is 0.000000755. The highest BCUT2D eigenvalue weighted by Gasteiger charge is 2.25. The van der Waals surface area contributed by atoms with Crippen molar-refractivity contribution in [1.82, 2.24) is 0 Å². The van der Waals surface area contributed by atoms with Crippen LogP contribution in [0.15, 0.2) is 93.4 Å². The van der Waals surface area contributed by atoms with Gasteiger partial charge in [0.2, 0.25) is 5.52 Å². The van der Waals surface area contributed by atoms with Crippen molar-refractivity contribution in [2.24, 2.45) is 5.92 Å². The summed E-state index contributed by atoms with van der Waals surface area (Å²) >= 11 is 3.28. The number of anilines is 1. The molecule has 9 nitrogen and oxygen atoms in total. The number of thioether (sulfide) groups is 1. The predicted octanol–water partition coefficient (Wildman–Crippen LogP) is 6.13. The number of fused-ring (bicyclic) bond motifs is 2. The average Bonchev–Trinajstić information content (AvgIpc) is 3.61. The van der Waals surface area contributed by atoms with E-state index in [0.717, 1.165) is 43.7 Å². The van der Waals surface area contributed by atoms with Crippen LogP contribution in [0.2, 0.25) is 0 Å². The van der Waals surface area contributed by atoms with Gasteiger partial charge in [-0.1, -0.05) is 66.4 Å². The number of hydrogen-bond acceptors (Lipinski definition) is 9. The van der Waals surface area contributed by atoms with Crippen LogP contribution < -0.4 is 14.4 Å². The number of nitrogens with zero attached hydrogens (tertiary/aromatic N) is 2. The second kappa shape index (κ2) is 18.8. The van der Waals surface area contributed by atoms with Crippen LogP contribution in [0.25, 0.3) is 16.3 Å². The summed E-state index contributed by atoms with van der Waals surface area (Å²) in [5, 5.41) is 1.99. The highest BCUT2D eigenvalue weighted by molar-refractivity contribution is 8.03. The van der Waals surface area contributed by atoms with Gasteiger partial charge in [-0.05, 0) is 93.9 Å². The Morgan fingerprint density at radius 2 is 1.53 bits per heavy atom. The number of allylic oxidation sites excluding steroid dienone is 6. The molecule has 5 rings (SSSR count). The zero-order valence-electron chi connectivity index (χ0n) is 30.3. The molecule has 0 saturated heterocycles. The van der Waals surface area contributed by atoms with Gasteiger partial charge in [-0.2, -0.15) is 4.57 Å². The molecule has 1 atom stereocenters. The molecule has 0 amide bonds. The smallest absolute Gasteiger partial charge is 0.262 e. The quantitative estimate of drug-likeness (QED) is 0.153. The fourth-order valence-corrected chi connectivity index (χ4v) is 9.58. The molecule has 0 bridgehead atoms. The first-order valence-electron chi connectivity index (χ1n) is 17.7. The maximum Gasteiger partial charge on any atom is 0.262 e. The standard InChI is InChI=1S/C32H36N2O6S4.C6H15N/c1-23-21-25(13-15-31-33(17-7-19-43(35,36)37)27-9-3-5-11-29(27)41-31)24(2)26(22-23)14-16-32-34(18-8-20-44(38,39)40)28-10-4-6-12-30(28)42-32;1-4-7(5-2)6-3/h3-6,9-16,23H,7-8,17-22H2,1-2H3,(H-,35,36,37,38,39,40);4-6H2,1-3H3. The maximum atomic E-state index is 11.2. The van der Waals surface area contributed by atoms with Crippen LogP contribution >= 0.6 is 23.1 Å². The average molecular weight is 774 g/mol. The summed E-state index contributed by atoms with van der Waals surface area (Å²) in [7, 11) is -8.54. The molecule has 0 saturated carbocycles. The van der Waals surface area contributed by atoms with Gasteiger partial charge in [-0.25, -0.2) is 16.8 Å². The van der Waals surface area contributed by atoms with Crippen LogP contribution in [0.1, 0.15) is 65.3 Å². The monoisotopic (exact) mass is 773 g/mol. The predicted molar refractivity (Wildman–Crippen MR) is 209 cm³/mol. The van der Waals surface area contributed by atoms with E-state index in [2.05, 4.69) is 68.4 Å². The minimum absolute atomic E-state index is 0.254. The lowest BCUT2D eigenvalue weighted by molar-refractivity contribution is -0.894. The fourth-order valence-electron chi connectivity index (χ4n) is 6.43. The van der Waals surface area contributed by atoms with Crippen molar-refractivity contribution in [2.45, 2.75) is 71.7 Å². The van der Waals surface area contributed by atoms with E-state index in [9.17, 15) is 25.9 Å². The lowest BCUT2D eigenvalue weighted by Crippen LogP contribution is -3.11. The van der Waals surface area contributed by atoms with Crippen molar-refractivity contribution in [2.75, 3.05) is 42.6 Å². The fraction of sp³-hybridized carbons (Fsp3) is 0.447. The van der Waals surface area contributed by atoms with Crippen molar-refractivity contribution in [3.8, 4) is 0 Å². The number of para-hydroxylation sites is 2. The molecular formula is C38H51N3O6S4. The Morgan fingerprint density at radius 1 is 0.882 bits per heavy atom. The summed E-state index contributed by atoms with van der Waals surface area (Å²) in [6.07, 6.45) is 10.9. The first-order chi connectivity index (χ1) is 24.2. The van der Waals surface area contributed by atoms with Gasteiger partial charge in [0, 0.05) is 41.5 Å². The van der Waals surface area contributed by atoms with Gasteiger partial charge in [0.05, 0.1) is 50.6 Å². The summed E-state index contributed by atoms with van der Waals surface area (Å²) in [4.78, 5) is 4.87. The number of rotatable bonds is 14. The van der Waals surface area contributed by atoms with Gasteiger partial charge in [-0.15, -0.1) is 0 Å². The number of benzene rings is 2. The largest absolute Gasteiger partial charge is 0.748 e. The molecule has 0 fully saturated rings. The Morgan fingerprint density at radius 3 is 2.20 bits per heavy atom. The van der Waals surface area contributed by atoms with Crippen LogP contribution in [-0.4, -0.2) is 63.6 Å². The van der Waals surface area contributed by atoms with Gasteiger partial charge in [0.1, 0.15) is 4.70 Å². The number of quaternary nitrogens is 1. The Bertz CT molecular complexity index is 1990. The van der Waals surface area contributed by atoms with Crippen molar-refractivity contribution in [3.63, 3.8) is 0 Å². The number of aryl methyl sites for hydroxylation is 1. The second-order valence-electron chi connectivity index (χ2n) is 13.0. The third-order valence-electron chi connectivity index (χ3n) is 9.28. The summed E-state index contributed by atoms with van der Waals surface area (Å²) in [5.74, 6) is -0.346. The van der Waals surface area contributed by atoms with Crippen molar-refractivity contribution < 1.29 is 35.4 Å². The molecule has 1 unspecified atom stereocenters. The number of nitrogens with one attached hydrogen (secondary N) is 1. The van der Waals surface area contributed by atoms with Crippen LogP contribution in [0, 0.1) is 5.92 Å². The molecule has 278 valence electrons. The molecule has 2 aliphatic rings. The molecule has 0 radical (unpaired) electrons. The van der Waals surface area contributed by atoms with Crippen molar-refractivity contribution in [3.05, 3.63) is 93.5 Å². The third-order valence-corrected chi connectivity index (χ3v) is 13.1. The zero-order valence-corrected chi connectivity index (χ0v) is 33.5. The lowest BCUT2D eigenvalue weighted by atomic mass is 9.81. The Kier molecular flexibility index (Phi) is 15.1. The van der Waals surface area contributed by atoms with Crippen LogP contribution in [0.4, 0.5) is 5.69 Å². The Hall–Kier alpha value is -2.78. The van der Waals surface area contributed by atoms with E-state index in [1.165, 1.54) is 36.4 Å². The Labute approximate surface area is 312 Å². The van der Waals surface area contributed by atoms with Gasteiger partial charge in [0.25, 0.3) is 5.01 Å². The SMILES string of the molecule is CC1=C(/C=C/c2sc3ccccc3[n+]2CCCS(=O)(=O)[O-])CC(C)C/C1=C\C=C1/Sc2ccccc2N1CCCS(=O)(=O)[O-].CC[NH+](CC)CC. The highest BCUT2D eigenvalue weighted by atomic mass is 32.2. The molecule has 1 aromatic heterocycles. The lowest BCUT2D eigenvalue weighted by Gasteiger charge is -2.24. The first-order valence-corrected chi connectivity index (χ1v) is 22.5. The number of hydrogen-bond donors (Lipinski definition) is 1. The van der Waals surface area contributed by atoms with Crippen LogP contribution in [0.5, 0.6) is 0 Å². The zero-order chi connectivity index (χ0) is 37.2. The molecule has 3 aromatic rings. The molecule has 51 heavy (non-hydrogen) atoms. The van der Waals surface area contributed by atoms with Gasteiger partial charge >= 0.3 is 0 Å². The third kappa shape index (κ3) is 12.1. The van der Waals surface area contributed by atoms with E-state index >= 15 is 0 Å². The molecule has 13 heteroatoms. The molecule has 1 aliphatic carbocycles. The minimum Gasteiger partial charge on any atom is -0.748 e. The molecular weight excluding hydrogens is 723 g/mol. The highest BCUT2D eigenvalue weighted by Crippen LogP contribution is 2.46. The molecule has 1 aliphatic heterocycles. The van der Waals surface area contributed by atoms with Crippen LogP contribution in [-0.2, 0) is 26.8 Å². The second-order valence-corrected chi connectivity index (χ2v) is 18.2. The molecule has 2 heterocycles. The van der Waals surface area contributed by atoms with Crippen molar-refractivity contribution >= 4 is 65.3 Å². The summed E-state index contributed by atoms with van der Waals surface area (Å²) in [6.45, 7) is 15.7. The van der Waals surface area contributed by atoms with E-state index in [4.69, 9.17) is 0 Å². The minimum atomic E-state index is -4.27. The maximum absolute atomic E-state index is 11.2. The summed E-state index contributed by atoms with van der Waals surface area (Å²) < 4.78 is 70.4. The number of thiazole rings is 1. The van der Waals surface area contributed by atoms with Gasteiger partial charge in [-0.3, -0.25) is 0 Å². The van der Waals surface area contributed by atoms with Crippen molar-refractivity contribution in [1.29, 1.82) is 0 Å². The van der Waals surface area contributed by atoms with E-state index < -0.39 is 31.7 Å². The van der Waals surface area contributed by atoms with Crippen LogP contribution in [0.3, 0.4) is 0 Å². The molecule has 1 N–H and O–H groups in total. The number of aromatic nitrogens is 1. The van der Waals surface area contributed by atoms with E-state index in [1.807, 2.05) is 48.5 Å². The topological polar surface area (TPSA) is 126 Å². The van der Waals surface area contributed by atoms with E-state index in [-0.39, 0.29) is 12.8 Å². The molecule has 0 spiro atoms. The first kappa shape index (κ1) is 41.0. The normalized spacial score (nSPS) is 18.4.